The topological polar surface area (TPSA) is 64.7 Å². The number of likely N-dealkylation sites (tertiary alicyclic amines) is 1. The van der Waals surface area contributed by atoms with Gasteiger partial charge in [0.25, 0.3) is 0 Å². The van der Waals surface area contributed by atoms with Gasteiger partial charge in [-0.05, 0) is 61.2 Å². The van der Waals surface area contributed by atoms with Crippen molar-refractivity contribution in [3.8, 4) is 0 Å². The van der Waals surface area contributed by atoms with Gasteiger partial charge in [-0.3, -0.25) is 9.59 Å². The van der Waals surface area contributed by atoms with E-state index in [1.807, 2.05) is 53.4 Å². The van der Waals surface area contributed by atoms with E-state index in [0.29, 0.717) is 39.0 Å². The van der Waals surface area contributed by atoms with Crippen LogP contribution in [0, 0.1) is 5.92 Å². The molecule has 0 radical (unpaired) electrons. The number of amides is 2. The number of piperidine rings is 1. The number of rotatable bonds is 8. The molecule has 0 unspecified atom stereocenters. The molecule has 2 aromatic carbocycles. The van der Waals surface area contributed by atoms with Crippen LogP contribution < -0.4 is 15.5 Å². The van der Waals surface area contributed by atoms with Crippen LogP contribution in [0.2, 0.25) is 0 Å². The molecule has 2 heterocycles. The number of nitrogens with zero attached hydrogens (tertiary/aromatic N) is 2. The van der Waals surface area contributed by atoms with Crippen molar-refractivity contribution < 1.29 is 22.8 Å². The van der Waals surface area contributed by atoms with Gasteiger partial charge in [-0.2, -0.15) is 13.2 Å². The number of hydrogen-bond acceptors (Lipinski definition) is 4. The first-order chi connectivity index (χ1) is 16.8. The van der Waals surface area contributed by atoms with E-state index < -0.39 is 12.1 Å². The fourth-order valence-corrected chi connectivity index (χ4v) is 4.56. The highest BCUT2D eigenvalue weighted by Crippen LogP contribution is 2.35. The van der Waals surface area contributed by atoms with Gasteiger partial charge in [0.05, 0.1) is 5.92 Å². The minimum absolute atomic E-state index is 0.0744. The van der Waals surface area contributed by atoms with Crippen molar-refractivity contribution in [2.24, 2.45) is 5.92 Å². The van der Waals surface area contributed by atoms with Crippen molar-refractivity contribution in [2.45, 2.75) is 44.8 Å². The molecule has 0 atom stereocenters. The van der Waals surface area contributed by atoms with Crippen molar-refractivity contribution in [3.63, 3.8) is 0 Å². The predicted molar refractivity (Wildman–Crippen MR) is 129 cm³/mol. The van der Waals surface area contributed by atoms with E-state index in [2.05, 4.69) is 10.6 Å². The standard InChI is InChI=1S/C26H31F3N4O2/c27-26(28,29)20-11-15-32(16-12-20)23-9-7-22(8-10-23)31-21-5-3-19(4-6-21)18-30-24(34)13-17-33-14-1-2-25(33)35/h3-10,20,31H,1-2,11-18H2,(H,30,34). The van der Waals surface area contributed by atoms with Crippen molar-refractivity contribution in [3.05, 3.63) is 54.1 Å². The third-order valence-electron chi connectivity index (χ3n) is 6.70. The smallest absolute Gasteiger partial charge is 0.372 e. The van der Waals surface area contributed by atoms with E-state index >= 15 is 0 Å². The van der Waals surface area contributed by atoms with Crippen LogP contribution in [-0.2, 0) is 16.1 Å². The van der Waals surface area contributed by atoms with E-state index in [4.69, 9.17) is 0 Å². The van der Waals surface area contributed by atoms with E-state index in [1.165, 1.54) is 0 Å². The molecule has 0 bridgehead atoms. The Labute approximate surface area is 203 Å². The SMILES string of the molecule is O=C(CCN1CCCC1=O)NCc1ccc(Nc2ccc(N3CCC(C(F)(F)F)CC3)cc2)cc1. The molecule has 9 heteroatoms. The maximum atomic E-state index is 12.9. The van der Waals surface area contributed by atoms with Crippen LogP contribution in [0.1, 0.15) is 37.7 Å². The van der Waals surface area contributed by atoms with Gasteiger partial charge in [0, 0.05) is 62.6 Å². The Hall–Kier alpha value is -3.23. The number of hydrogen-bond donors (Lipinski definition) is 2. The Balaban J connectivity index is 1.21. The summed E-state index contributed by atoms with van der Waals surface area (Å²) in [5.41, 5.74) is 3.68. The molecule has 2 amide bonds. The van der Waals surface area contributed by atoms with Gasteiger partial charge in [-0.15, -0.1) is 0 Å². The van der Waals surface area contributed by atoms with Gasteiger partial charge >= 0.3 is 6.18 Å². The lowest BCUT2D eigenvalue weighted by Gasteiger charge is -2.34. The second kappa shape index (κ2) is 11.0. The molecular formula is C26H31F3N4O2. The lowest BCUT2D eigenvalue weighted by atomic mass is 9.96. The van der Waals surface area contributed by atoms with Crippen molar-refractivity contribution >= 4 is 28.9 Å². The van der Waals surface area contributed by atoms with Gasteiger partial charge < -0.3 is 20.4 Å². The maximum Gasteiger partial charge on any atom is 0.391 e. The Kier molecular flexibility index (Phi) is 7.83. The molecule has 0 saturated carbocycles. The highest BCUT2D eigenvalue weighted by molar-refractivity contribution is 5.80. The Bertz CT molecular complexity index is 1000. The summed E-state index contributed by atoms with van der Waals surface area (Å²) in [6, 6.07) is 15.4. The first-order valence-corrected chi connectivity index (χ1v) is 12.1. The molecule has 0 aromatic heterocycles. The Morgan fingerprint density at radius 1 is 0.943 bits per heavy atom. The van der Waals surface area contributed by atoms with E-state index in [9.17, 15) is 22.8 Å². The van der Waals surface area contributed by atoms with E-state index in [0.717, 1.165) is 35.6 Å². The highest BCUT2D eigenvalue weighted by atomic mass is 19.4. The molecule has 4 rings (SSSR count). The lowest BCUT2D eigenvalue weighted by molar-refractivity contribution is -0.179. The maximum absolute atomic E-state index is 12.9. The van der Waals surface area contributed by atoms with Crippen molar-refractivity contribution in [1.29, 1.82) is 0 Å². The van der Waals surface area contributed by atoms with Crippen LogP contribution in [-0.4, -0.2) is 49.1 Å². The number of alkyl halides is 3. The summed E-state index contributed by atoms with van der Waals surface area (Å²) in [7, 11) is 0. The zero-order chi connectivity index (χ0) is 24.8. The molecule has 2 aromatic rings. The van der Waals surface area contributed by atoms with Gasteiger partial charge in [0.1, 0.15) is 0 Å². The van der Waals surface area contributed by atoms with Gasteiger partial charge in [0.15, 0.2) is 0 Å². The number of halogens is 3. The molecule has 188 valence electrons. The molecule has 2 fully saturated rings. The summed E-state index contributed by atoms with van der Waals surface area (Å²) in [5.74, 6) is -1.15. The van der Waals surface area contributed by atoms with Crippen molar-refractivity contribution in [2.75, 3.05) is 36.4 Å². The van der Waals surface area contributed by atoms with Crippen LogP contribution >= 0.6 is 0 Å². The second-order valence-corrected chi connectivity index (χ2v) is 9.18. The summed E-state index contributed by atoms with van der Waals surface area (Å²) in [5, 5.41) is 6.21. The molecule has 35 heavy (non-hydrogen) atoms. The molecule has 0 spiro atoms. The van der Waals surface area contributed by atoms with Crippen LogP contribution in [0.3, 0.4) is 0 Å². The van der Waals surface area contributed by atoms with Gasteiger partial charge in [0.2, 0.25) is 11.8 Å². The summed E-state index contributed by atoms with van der Waals surface area (Å²) in [4.78, 5) is 27.4. The monoisotopic (exact) mass is 488 g/mol. The zero-order valence-corrected chi connectivity index (χ0v) is 19.6. The van der Waals surface area contributed by atoms with E-state index in [-0.39, 0.29) is 24.7 Å². The van der Waals surface area contributed by atoms with Crippen LogP contribution in [0.25, 0.3) is 0 Å². The number of benzene rings is 2. The number of carbonyl (C=O) groups excluding carboxylic acids is 2. The minimum Gasteiger partial charge on any atom is -0.372 e. The molecule has 0 aliphatic carbocycles. The predicted octanol–water partition coefficient (Wildman–Crippen LogP) is 4.84. The quantitative estimate of drug-likeness (QED) is 0.558. The van der Waals surface area contributed by atoms with Crippen LogP contribution in [0.5, 0.6) is 0 Å². The van der Waals surface area contributed by atoms with Crippen molar-refractivity contribution in [1.82, 2.24) is 10.2 Å². The number of nitrogens with one attached hydrogen (secondary N) is 2. The summed E-state index contributed by atoms with van der Waals surface area (Å²) >= 11 is 0. The third-order valence-corrected chi connectivity index (χ3v) is 6.70. The third kappa shape index (κ3) is 6.90. The Morgan fingerprint density at radius 2 is 1.57 bits per heavy atom. The highest BCUT2D eigenvalue weighted by Gasteiger charge is 2.41. The molecule has 2 N–H and O–H groups in total. The molecule has 2 aliphatic rings. The first-order valence-electron chi connectivity index (χ1n) is 12.1. The second-order valence-electron chi connectivity index (χ2n) is 9.18. The average molecular weight is 489 g/mol. The van der Waals surface area contributed by atoms with Crippen LogP contribution in [0.4, 0.5) is 30.2 Å². The lowest BCUT2D eigenvalue weighted by Crippen LogP contribution is -2.38. The number of carbonyl (C=O) groups is 2. The fourth-order valence-electron chi connectivity index (χ4n) is 4.56. The molecule has 6 nitrogen and oxygen atoms in total. The largest absolute Gasteiger partial charge is 0.391 e. The molecule has 2 saturated heterocycles. The fraction of sp³-hybridized carbons (Fsp3) is 0.462. The zero-order valence-electron chi connectivity index (χ0n) is 19.6. The van der Waals surface area contributed by atoms with Gasteiger partial charge in [-0.1, -0.05) is 12.1 Å². The summed E-state index contributed by atoms with van der Waals surface area (Å²) in [6.45, 7) is 2.45. The normalized spacial score (nSPS) is 17.1. The Morgan fingerprint density at radius 3 is 2.14 bits per heavy atom. The number of anilines is 3. The molecular weight excluding hydrogens is 457 g/mol. The molecule has 2 aliphatic heterocycles. The minimum atomic E-state index is -4.10. The summed E-state index contributed by atoms with van der Waals surface area (Å²) in [6.07, 6.45) is -2.08. The van der Waals surface area contributed by atoms with Gasteiger partial charge in [-0.25, -0.2) is 0 Å². The van der Waals surface area contributed by atoms with Crippen LogP contribution in [0.15, 0.2) is 48.5 Å². The van der Waals surface area contributed by atoms with E-state index in [1.54, 1.807) is 4.90 Å². The summed E-state index contributed by atoms with van der Waals surface area (Å²) < 4.78 is 38.6. The first kappa shape index (κ1) is 24.9. The average Bonchev–Trinajstić information content (AvgIpc) is 3.27.